The lowest BCUT2D eigenvalue weighted by atomic mass is 10.1. The quantitative estimate of drug-likeness (QED) is 0.152. The molecular weight excluding hydrogens is 526 g/mol. The van der Waals surface area contributed by atoms with E-state index >= 15 is 0 Å². The van der Waals surface area contributed by atoms with Crippen LogP contribution in [0.2, 0.25) is 0 Å². The van der Waals surface area contributed by atoms with E-state index in [0.29, 0.717) is 16.9 Å². The molecule has 40 heavy (non-hydrogen) atoms. The van der Waals surface area contributed by atoms with Crippen molar-refractivity contribution in [1.82, 2.24) is 5.32 Å². The van der Waals surface area contributed by atoms with Gasteiger partial charge in [-0.05, 0) is 66.2 Å². The van der Waals surface area contributed by atoms with Gasteiger partial charge in [-0.15, -0.1) is 11.8 Å². The van der Waals surface area contributed by atoms with Crippen molar-refractivity contribution in [3.8, 4) is 0 Å². The molecule has 0 saturated heterocycles. The number of amides is 3. The molecule has 200 valence electrons. The van der Waals surface area contributed by atoms with Gasteiger partial charge in [-0.1, -0.05) is 54.6 Å². The summed E-state index contributed by atoms with van der Waals surface area (Å²) >= 11 is 1.27. The Hall–Kier alpha value is -5.15. The molecule has 0 heterocycles. The number of carbonyl (C=O) groups is 4. The van der Waals surface area contributed by atoms with Crippen LogP contribution in [-0.2, 0) is 9.59 Å². The highest BCUT2D eigenvalue weighted by molar-refractivity contribution is 8.00. The van der Waals surface area contributed by atoms with Gasteiger partial charge in [0, 0.05) is 21.8 Å². The zero-order chi connectivity index (χ0) is 28.3. The molecule has 4 aromatic rings. The largest absolute Gasteiger partial charge is 0.478 e. The zero-order valence-electron chi connectivity index (χ0n) is 21.2. The summed E-state index contributed by atoms with van der Waals surface area (Å²) < 4.78 is 0. The maximum absolute atomic E-state index is 13.2. The molecular formula is C31H25N3O5S. The van der Waals surface area contributed by atoms with Crippen molar-refractivity contribution in [3.05, 3.63) is 132 Å². The predicted octanol–water partition coefficient (Wildman–Crippen LogP) is 5.53. The summed E-state index contributed by atoms with van der Waals surface area (Å²) in [4.78, 5) is 50.1. The summed E-state index contributed by atoms with van der Waals surface area (Å²) in [6.45, 7) is 0. The maximum Gasteiger partial charge on any atom is 0.335 e. The first-order chi connectivity index (χ1) is 19.4. The molecule has 4 N–H and O–H groups in total. The van der Waals surface area contributed by atoms with Crippen LogP contribution in [0.15, 0.2) is 120 Å². The van der Waals surface area contributed by atoms with Crippen LogP contribution in [0.3, 0.4) is 0 Å². The third-order valence-corrected chi connectivity index (χ3v) is 6.51. The first-order valence-corrected chi connectivity index (χ1v) is 13.2. The molecule has 0 aliphatic rings. The van der Waals surface area contributed by atoms with Gasteiger partial charge in [0.2, 0.25) is 5.91 Å². The number of hydrogen-bond donors (Lipinski definition) is 4. The highest BCUT2D eigenvalue weighted by Crippen LogP contribution is 2.23. The number of nitrogens with one attached hydrogen (secondary N) is 3. The Morgan fingerprint density at radius 2 is 1.38 bits per heavy atom. The van der Waals surface area contributed by atoms with Gasteiger partial charge in [0.25, 0.3) is 11.8 Å². The van der Waals surface area contributed by atoms with Gasteiger partial charge < -0.3 is 21.1 Å². The monoisotopic (exact) mass is 551 g/mol. The number of anilines is 2. The number of benzene rings is 4. The molecule has 0 aliphatic carbocycles. The summed E-state index contributed by atoms with van der Waals surface area (Å²) in [5.41, 5.74) is 2.36. The van der Waals surface area contributed by atoms with Crippen LogP contribution in [0.1, 0.15) is 26.3 Å². The first-order valence-electron chi connectivity index (χ1n) is 12.2. The van der Waals surface area contributed by atoms with Crippen LogP contribution in [0.5, 0.6) is 0 Å². The minimum Gasteiger partial charge on any atom is -0.478 e. The molecule has 4 aromatic carbocycles. The van der Waals surface area contributed by atoms with Crippen LogP contribution in [0, 0.1) is 0 Å². The van der Waals surface area contributed by atoms with Gasteiger partial charge in [-0.2, -0.15) is 0 Å². The van der Waals surface area contributed by atoms with Gasteiger partial charge in [-0.25, -0.2) is 4.79 Å². The number of carboxylic acids is 1. The van der Waals surface area contributed by atoms with Crippen LogP contribution in [0.25, 0.3) is 6.08 Å². The van der Waals surface area contributed by atoms with Gasteiger partial charge in [0.05, 0.1) is 11.3 Å². The van der Waals surface area contributed by atoms with Gasteiger partial charge in [-0.3, -0.25) is 14.4 Å². The Labute approximate surface area is 235 Å². The third-order valence-electron chi connectivity index (χ3n) is 5.52. The Morgan fingerprint density at radius 3 is 2.05 bits per heavy atom. The average Bonchev–Trinajstić information content (AvgIpc) is 2.97. The Kier molecular flexibility index (Phi) is 9.47. The lowest BCUT2D eigenvalue weighted by Crippen LogP contribution is -2.30. The average molecular weight is 552 g/mol. The number of carbonyl (C=O) groups excluding carboxylic acids is 3. The van der Waals surface area contributed by atoms with E-state index in [0.717, 1.165) is 10.5 Å². The van der Waals surface area contributed by atoms with Gasteiger partial charge >= 0.3 is 5.97 Å². The number of hydrogen-bond acceptors (Lipinski definition) is 5. The van der Waals surface area contributed by atoms with Gasteiger partial charge in [0.1, 0.15) is 5.70 Å². The molecule has 0 bridgehead atoms. The minimum absolute atomic E-state index is 0.0754. The summed E-state index contributed by atoms with van der Waals surface area (Å²) in [6, 6.07) is 30.7. The number of rotatable bonds is 10. The van der Waals surface area contributed by atoms with Crippen molar-refractivity contribution in [2.24, 2.45) is 0 Å². The highest BCUT2D eigenvalue weighted by Gasteiger charge is 2.15. The van der Waals surface area contributed by atoms with Gasteiger partial charge in [0.15, 0.2) is 0 Å². The Balaban J connectivity index is 1.41. The number of aromatic carboxylic acids is 1. The second-order valence-electron chi connectivity index (χ2n) is 8.49. The molecule has 0 aliphatic heterocycles. The molecule has 8 nitrogen and oxygen atoms in total. The molecule has 9 heteroatoms. The molecule has 0 unspecified atom stereocenters. The normalized spacial score (nSPS) is 10.8. The second-order valence-corrected chi connectivity index (χ2v) is 9.54. The Morgan fingerprint density at radius 1 is 0.700 bits per heavy atom. The molecule has 0 atom stereocenters. The topological polar surface area (TPSA) is 125 Å². The third kappa shape index (κ3) is 8.17. The van der Waals surface area contributed by atoms with E-state index in [9.17, 15) is 19.2 Å². The number of carboxylic acid groups (broad SMARTS) is 1. The predicted molar refractivity (Wildman–Crippen MR) is 156 cm³/mol. The lowest BCUT2D eigenvalue weighted by molar-refractivity contribution is -0.114. The number of thioether (sulfide) groups is 1. The van der Waals surface area contributed by atoms with Crippen molar-refractivity contribution in [3.63, 3.8) is 0 Å². The van der Waals surface area contributed by atoms with E-state index in [1.165, 1.54) is 36.0 Å². The van der Waals surface area contributed by atoms with E-state index in [-0.39, 0.29) is 22.9 Å². The fraction of sp³-hybridized carbons (Fsp3) is 0.0323. The van der Waals surface area contributed by atoms with Crippen molar-refractivity contribution in [2.45, 2.75) is 4.90 Å². The van der Waals surface area contributed by atoms with Crippen LogP contribution >= 0.6 is 11.8 Å². The van der Waals surface area contributed by atoms with E-state index < -0.39 is 17.8 Å². The standard InChI is InChI=1S/C31H25N3O5S/c35-28(32-24-16-14-23(15-17-24)31(38)39)20-40-26-13-7-12-25(19-26)33-30(37)27(18-21-8-3-1-4-9-21)34-29(36)22-10-5-2-6-11-22/h1-19H,20H2,(H,32,35)(H,33,37)(H,34,36)(H,38,39)/b27-18-. The molecule has 0 saturated carbocycles. The Bertz CT molecular complexity index is 1540. The van der Waals surface area contributed by atoms with E-state index in [4.69, 9.17) is 5.11 Å². The first kappa shape index (κ1) is 27.9. The fourth-order valence-electron chi connectivity index (χ4n) is 3.56. The molecule has 0 aromatic heterocycles. The zero-order valence-corrected chi connectivity index (χ0v) is 22.0. The fourth-order valence-corrected chi connectivity index (χ4v) is 4.32. The minimum atomic E-state index is -1.04. The summed E-state index contributed by atoms with van der Waals surface area (Å²) in [5, 5.41) is 17.2. The molecule has 4 rings (SSSR count). The summed E-state index contributed by atoms with van der Waals surface area (Å²) in [6.07, 6.45) is 1.60. The van der Waals surface area contributed by atoms with Crippen LogP contribution < -0.4 is 16.0 Å². The van der Waals surface area contributed by atoms with E-state index in [1.807, 2.05) is 36.4 Å². The van der Waals surface area contributed by atoms with Crippen molar-refractivity contribution in [1.29, 1.82) is 0 Å². The summed E-state index contributed by atoms with van der Waals surface area (Å²) in [7, 11) is 0. The molecule has 3 amide bonds. The van der Waals surface area contributed by atoms with Crippen molar-refractivity contribution >= 4 is 52.9 Å². The van der Waals surface area contributed by atoms with E-state index in [1.54, 1.807) is 54.6 Å². The smallest absolute Gasteiger partial charge is 0.335 e. The molecule has 0 spiro atoms. The lowest BCUT2D eigenvalue weighted by Gasteiger charge is -2.12. The van der Waals surface area contributed by atoms with Crippen LogP contribution in [0.4, 0.5) is 11.4 Å². The second kappa shape index (κ2) is 13.6. The van der Waals surface area contributed by atoms with E-state index in [2.05, 4.69) is 16.0 Å². The summed E-state index contributed by atoms with van der Waals surface area (Å²) in [5.74, 6) is -2.12. The highest BCUT2D eigenvalue weighted by atomic mass is 32.2. The molecule has 0 radical (unpaired) electrons. The maximum atomic E-state index is 13.2. The van der Waals surface area contributed by atoms with Crippen molar-refractivity contribution < 1.29 is 24.3 Å². The SMILES string of the molecule is O=C(CSc1cccc(NC(=O)/C(=C/c2ccccc2)NC(=O)c2ccccc2)c1)Nc1ccc(C(=O)O)cc1. The van der Waals surface area contributed by atoms with Crippen LogP contribution in [-0.4, -0.2) is 34.6 Å². The molecule has 0 fully saturated rings. The van der Waals surface area contributed by atoms with Crippen molar-refractivity contribution in [2.75, 3.05) is 16.4 Å².